The number of hydrogen-bond acceptors (Lipinski definition) is 2. The third-order valence-electron chi connectivity index (χ3n) is 2.36. The lowest BCUT2D eigenvalue weighted by Crippen LogP contribution is -2.28. The van der Waals surface area contributed by atoms with Gasteiger partial charge in [0.1, 0.15) is 0 Å². The van der Waals surface area contributed by atoms with Gasteiger partial charge in [-0.25, -0.2) is 4.79 Å². The average molecular weight is 221 g/mol. The van der Waals surface area contributed by atoms with Gasteiger partial charge in [0.2, 0.25) is 6.41 Å². The van der Waals surface area contributed by atoms with Crippen LogP contribution in [0.5, 0.6) is 0 Å². The summed E-state index contributed by atoms with van der Waals surface area (Å²) in [5.74, 6) is -0.942. The number of nitrogens with zero attached hydrogens (tertiary/aromatic N) is 1. The number of rotatable bonds is 5. The predicted molar refractivity (Wildman–Crippen MR) is 60.1 cm³/mol. The first kappa shape index (κ1) is 12.2. The molecule has 0 saturated heterocycles. The van der Waals surface area contributed by atoms with Crippen molar-refractivity contribution >= 4 is 12.4 Å². The molecule has 16 heavy (non-hydrogen) atoms. The summed E-state index contributed by atoms with van der Waals surface area (Å²) in [6.45, 7) is 4.36. The Morgan fingerprint density at radius 1 is 1.38 bits per heavy atom. The number of carbonyl (C=O) groups is 2. The van der Waals surface area contributed by atoms with E-state index in [2.05, 4.69) is 0 Å². The van der Waals surface area contributed by atoms with Crippen LogP contribution in [0.25, 0.3) is 0 Å². The summed E-state index contributed by atoms with van der Waals surface area (Å²) < 4.78 is 0. The number of aromatic carboxylic acids is 1. The molecule has 0 aliphatic heterocycles. The van der Waals surface area contributed by atoms with Crippen LogP contribution in [-0.4, -0.2) is 28.4 Å². The molecule has 0 radical (unpaired) electrons. The van der Waals surface area contributed by atoms with Crippen molar-refractivity contribution in [1.29, 1.82) is 0 Å². The van der Waals surface area contributed by atoms with Crippen molar-refractivity contribution in [1.82, 2.24) is 4.90 Å². The fourth-order valence-electron chi connectivity index (χ4n) is 1.31. The van der Waals surface area contributed by atoms with Gasteiger partial charge in [0.15, 0.2) is 0 Å². The van der Waals surface area contributed by atoms with Crippen LogP contribution in [0.1, 0.15) is 29.8 Å². The Kier molecular flexibility index (Phi) is 4.05. The van der Waals surface area contributed by atoms with E-state index in [1.165, 1.54) is 0 Å². The smallest absolute Gasteiger partial charge is 0.335 e. The van der Waals surface area contributed by atoms with Gasteiger partial charge in [-0.05, 0) is 31.5 Å². The average Bonchev–Trinajstić information content (AvgIpc) is 2.26. The van der Waals surface area contributed by atoms with Crippen LogP contribution in [-0.2, 0) is 11.3 Å². The molecule has 86 valence electrons. The first-order valence-electron chi connectivity index (χ1n) is 5.08. The molecule has 1 aromatic carbocycles. The summed E-state index contributed by atoms with van der Waals surface area (Å²) in [5.41, 5.74) is 1.18. The van der Waals surface area contributed by atoms with Gasteiger partial charge in [-0.1, -0.05) is 12.1 Å². The summed E-state index contributed by atoms with van der Waals surface area (Å²) in [4.78, 5) is 23.0. The molecule has 0 fully saturated rings. The molecule has 4 nitrogen and oxygen atoms in total. The zero-order valence-corrected chi connectivity index (χ0v) is 9.38. The van der Waals surface area contributed by atoms with Gasteiger partial charge in [0.25, 0.3) is 0 Å². The molecule has 1 rings (SSSR count). The Bertz CT molecular complexity index is 370. The standard InChI is InChI=1S/C12H15NO3/c1-9(2)13(8-14)7-10-3-5-11(6-4-10)12(15)16/h3-6,8-9H,7H2,1-2H3,(H,15,16). The minimum atomic E-state index is -0.942. The number of hydrogen-bond donors (Lipinski definition) is 1. The van der Waals surface area contributed by atoms with Crippen LogP contribution in [0.4, 0.5) is 0 Å². The van der Waals surface area contributed by atoms with E-state index in [1.54, 1.807) is 29.2 Å². The van der Waals surface area contributed by atoms with E-state index in [0.29, 0.717) is 6.54 Å². The molecule has 0 saturated carbocycles. The summed E-state index contributed by atoms with van der Waals surface area (Å²) in [7, 11) is 0. The van der Waals surface area contributed by atoms with Crippen LogP contribution in [0, 0.1) is 0 Å². The first-order chi connectivity index (χ1) is 7.54. The van der Waals surface area contributed by atoms with Crippen molar-refractivity contribution in [2.45, 2.75) is 26.4 Å². The molecule has 0 unspecified atom stereocenters. The molecule has 0 aliphatic rings. The van der Waals surface area contributed by atoms with Crippen molar-refractivity contribution in [2.75, 3.05) is 0 Å². The minimum Gasteiger partial charge on any atom is -0.478 e. The normalized spacial score (nSPS) is 10.2. The highest BCUT2D eigenvalue weighted by Gasteiger charge is 2.07. The topological polar surface area (TPSA) is 57.6 Å². The van der Waals surface area contributed by atoms with E-state index >= 15 is 0 Å². The van der Waals surface area contributed by atoms with Crippen LogP contribution in [0.2, 0.25) is 0 Å². The molecule has 1 amide bonds. The Balaban J connectivity index is 2.75. The van der Waals surface area contributed by atoms with Crippen LogP contribution >= 0.6 is 0 Å². The first-order valence-corrected chi connectivity index (χ1v) is 5.08. The quantitative estimate of drug-likeness (QED) is 0.770. The molecule has 1 aromatic rings. The highest BCUT2D eigenvalue weighted by Crippen LogP contribution is 2.08. The Labute approximate surface area is 94.5 Å². The maximum atomic E-state index is 10.8. The highest BCUT2D eigenvalue weighted by molar-refractivity contribution is 5.87. The zero-order chi connectivity index (χ0) is 12.1. The molecule has 0 spiro atoms. The van der Waals surface area contributed by atoms with Crippen molar-refractivity contribution < 1.29 is 14.7 Å². The van der Waals surface area contributed by atoms with Gasteiger partial charge >= 0.3 is 5.97 Å². The number of amides is 1. The van der Waals surface area contributed by atoms with Crippen LogP contribution in [0.15, 0.2) is 24.3 Å². The van der Waals surface area contributed by atoms with Crippen LogP contribution < -0.4 is 0 Å². The van der Waals surface area contributed by atoms with E-state index in [0.717, 1.165) is 12.0 Å². The predicted octanol–water partition coefficient (Wildman–Crippen LogP) is 1.75. The van der Waals surface area contributed by atoms with Gasteiger partial charge < -0.3 is 10.0 Å². The molecule has 0 aromatic heterocycles. The van der Waals surface area contributed by atoms with E-state index in [4.69, 9.17) is 5.11 Å². The Hall–Kier alpha value is -1.84. The third-order valence-corrected chi connectivity index (χ3v) is 2.36. The summed E-state index contributed by atoms with van der Waals surface area (Å²) in [6, 6.07) is 6.67. The highest BCUT2D eigenvalue weighted by atomic mass is 16.4. The molecule has 0 aliphatic carbocycles. The summed E-state index contributed by atoms with van der Waals surface area (Å²) >= 11 is 0. The molecule has 0 bridgehead atoms. The minimum absolute atomic E-state index is 0.136. The van der Waals surface area contributed by atoms with Gasteiger partial charge in [0, 0.05) is 12.6 Å². The summed E-state index contributed by atoms with van der Waals surface area (Å²) in [5, 5.41) is 8.73. The lowest BCUT2D eigenvalue weighted by atomic mass is 10.1. The summed E-state index contributed by atoms with van der Waals surface area (Å²) in [6.07, 6.45) is 0.801. The molecule has 0 heterocycles. The van der Waals surface area contributed by atoms with Crippen molar-refractivity contribution in [3.8, 4) is 0 Å². The van der Waals surface area contributed by atoms with Crippen molar-refractivity contribution in [2.24, 2.45) is 0 Å². The Morgan fingerprint density at radius 2 is 1.94 bits per heavy atom. The number of carbonyl (C=O) groups excluding carboxylic acids is 1. The van der Waals surface area contributed by atoms with Crippen LogP contribution in [0.3, 0.4) is 0 Å². The monoisotopic (exact) mass is 221 g/mol. The maximum absolute atomic E-state index is 10.8. The number of carboxylic acid groups (broad SMARTS) is 1. The second-order valence-corrected chi connectivity index (χ2v) is 3.87. The fraction of sp³-hybridized carbons (Fsp3) is 0.333. The lowest BCUT2D eigenvalue weighted by Gasteiger charge is -2.21. The fourth-order valence-corrected chi connectivity index (χ4v) is 1.31. The molecule has 1 N–H and O–H groups in total. The zero-order valence-electron chi connectivity index (χ0n) is 9.38. The van der Waals surface area contributed by atoms with Gasteiger partial charge in [-0.2, -0.15) is 0 Å². The SMILES string of the molecule is CC(C)N(C=O)Cc1ccc(C(=O)O)cc1. The lowest BCUT2D eigenvalue weighted by molar-refractivity contribution is -0.120. The van der Waals surface area contributed by atoms with Gasteiger partial charge in [0.05, 0.1) is 5.56 Å². The maximum Gasteiger partial charge on any atom is 0.335 e. The van der Waals surface area contributed by atoms with E-state index < -0.39 is 5.97 Å². The molecule has 0 atom stereocenters. The van der Waals surface area contributed by atoms with E-state index in [1.807, 2.05) is 13.8 Å². The number of carboxylic acids is 1. The van der Waals surface area contributed by atoms with Crippen molar-refractivity contribution in [3.05, 3.63) is 35.4 Å². The van der Waals surface area contributed by atoms with Crippen molar-refractivity contribution in [3.63, 3.8) is 0 Å². The third kappa shape index (κ3) is 3.08. The van der Waals surface area contributed by atoms with Gasteiger partial charge in [-0.15, -0.1) is 0 Å². The van der Waals surface area contributed by atoms with Gasteiger partial charge in [-0.3, -0.25) is 4.79 Å². The molecular weight excluding hydrogens is 206 g/mol. The second kappa shape index (κ2) is 5.30. The molecule has 4 heteroatoms. The van der Waals surface area contributed by atoms with E-state index in [9.17, 15) is 9.59 Å². The second-order valence-electron chi connectivity index (χ2n) is 3.87. The number of benzene rings is 1. The molecular formula is C12H15NO3. The Morgan fingerprint density at radius 3 is 2.31 bits per heavy atom. The largest absolute Gasteiger partial charge is 0.478 e. The van der Waals surface area contributed by atoms with E-state index in [-0.39, 0.29) is 11.6 Å².